The van der Waals surface area contributed by atoms with Gasteiger partial charge in [-0.3, -0.25) is 19.7 Å². The van der Waals surface area contributed by atoms with Gasteiger partial charge in [0, 0.05) is 18.2 Å². The van der Waals surface area contributed by atoms with Crippen molar-refractivity contribution in [2.75, 3.05) is 10.3 Å². The van der Waals surface area contributed by atoms with Crippen LogP contribution in [-0.2, 0) is 16.0 Å². The first kappa shape index (κ1) is 19.2. The second kappa shape index (κ2) is 8.46. The Morgan fingerprint density at radius 1 is 1.17 bits per heavy atom. The van der Waals surface area contributed by atoms with Crippen LogP contribution in [0.2, 0.25) is 0 Å². The van der Waals surface area contributed by atoms with Gasteiger partial charge in [-0.25, -0.2) is 0 Å². The van der Waals surface area contributed by atoms with Crippen LogP contribution < -0.4 is 16.1 Å². The second-order valence-corrected chi connectivity index (χ2v) is 7.79. The predicted molar refractivity (Wildman–Crippen MR) is 111 cm³/mol. The second-order valence-electron chi connectivity index (χ2n) is 7.79. The number of aromatic nitrogens is 2. The molecule has 1 atom stereocenters. The topological polar surface area (TPSA) is 116 Å². The lowest BCUT2D eigenvalue weighted by Gasteiger charge is -2.20. The highest BCUT2D eigenvalue weighted by Crippen LogP contribution is 2.27. The van der Waals surface area contributed by atoms with E-state index in [2.05, 4.69) is 20.6 Å². The highest BCUT2D eigenvalue weighted by atomic mass is 16.2. The molecule has 0 saturated heterocycles. The number of rotatable bonds is 6. The van der Waals surface area contributed by atoms with Crippen LogP contribution in [0.25, 0.3) is 0 Å². The highest BCUT2D eigenvalue weighted by Gasteiger charge is 2.35. The number of hydrogen-bond acceptors (Lipinski definition) is 5. The molecule has 8 nitrogen and oxygen atoms in total. The van der Waals surface area contributed by atoms with E-state index >= 15 is 0 Å². The normalized spacial score (nSPS) is 19.8. The Labute approximate surface area is 169 Å². The van der Waals surface area contributed by atoms with Gasteiger partial charge in [-0.1, -0.05) is 50.3 Å². The lowest BCUT2D eigenvalue weighted by Crippen LogP contribution is -2.39. The molecule has 1 unspecified atom stereocenters. The molecule has 4 N–H and O–H groups in total. The van der Waals surface area contributed by atoms with Crippen LogP contribution in [0, 0.1) is 5.92 Å². The van der Waals surface area contributed by atoms with Gasteiger partial charge in [0.05, 0.1) is 5.69 Å². The average Bonchev–Trinajstić information content (AvgIpc) is 3.37. The van der Waals surface area contributed by atoms with Gasteiger partial charge >= 0.3 is 0 Å². The molecule has 1 aliphatic heterocycles. The number of nitrogens with zero attached hydrogens (tertiary/aromatic N) is 3. The Morgan fingerprint density at radius 3 is 2.66 bits per heavy atom. The Bertz CT molecular complexity index is 901. The van der Waals surface area contributed by atoms with Crippen LogP contribution in [0.5, 0.6) is 0 Å². The monoisotopic (exact) mass is 394 g/mol. The molecule has 0 spiro atoms. The maximum absolute atomic E-state index is 12.7. The Morgan fingerprint density at radius 2 is 1.93 bits per heavy atom. The van der Waals surface area contributed by atoms with Gasteiger partial charge in [-0.15, -0.1) is 0 Å². The number of carbonyl (C=O) groups excluding carboxylic acids is 2. The zero-order chi connectivity index (χ0) is 20.2. The van der Waals surface area contributed by atoms with E-state index in [-0.39, 0.29) is 18.0 Å². The van der Waals surface area contributed by atoms with Gasteiger partial charge < -0.3 is 11.1 Å². The molecule has 2 heterocycles. The molecule has 4 rings (SSSR count). The molecule has 2 amide bonds. The number of benzene rings is 1. The first-order valence-electron chi connectivity index (χ1n) is 10.2. The summed E-state index contributed by atoms with van der Waals surface area (Å²) in [7, 11) is 0. The van der Waals surface area contributed by atoms with E-state index in [4.69, 9.17) is 5.73 Å². The van der Waals surface area contributed by atoms with E-state index in [1.807, 2.05) is 36.4 Å². The number of para-hydroxylation sites is 1. The number of hydrazone groups is 1. The van der Waals surface area contributed by atoms with Gasteiger partial charge in [-0.2, -0.15) is 10.2 Å². The number of nitrogens with two attached hydrogens (primary N) is 1. The first-order chi connectivity index (χ1) is 14.1. The summed E-state index contributed by atoms with van der Waals surface area (Å²) in [6.45, 7) is 0. The third-order valence-corrected chi connectivity index (χ3v) is 5.63. The molecule has 1 aromatic heterocycles. The number of anilines is 2. The van der Waals surface area contributed by atoms with Crippen molar-refractivity contribution in [2.45, 2.75) is 51.0 Å². The van der Waals surface area contributed by atoms with E-state index in [1.165, 1.54) is 37.1 Å². The van der Waals surface area contributed by atoms with Crippen LogP contribution in [0.4, 0.5) is 11.5 Å². The van der Waals surface area contributed by atoms with Crippen molar-refractivity contribution in [3.8, 4) is 0 Å². The SMILES string of the molecule is NC(=O)C1CC(C(=O)Nc2cc(CC3CCCCC3)[nH]n2)=NN1c1ccccc1. The lowest BCUT2D eigenvalue weighted by molar-refractivity contribution is -0.119. The summed E-state index contributed by atoms with van der Waals surface area (Å²) in [4.78, 5) is 24.5. The molecule has 8 heteroatoms. The Hall–Kier alpha value is -3.16. The van der Waals surface area contributed by atoms with E-state index in [0.717, 1.165) is 12.1 Å². The van der Waals surface area contributed by atoms with Crippen LogP contribution in [-0.4, -0.2) is 33.8 Å². The van der Waals surface area contributed by atoms with E-state index < -0.39 is 11.9 Å². The molecule has 0 radical (unpaired) electrons. The van der Waals surface area contributed by atoms with Crippen LogP contribution in [0.1, 0.15) is 44.2 Å². The van der Waals surface area contributed by atoms with Crippen molar-refractivity contribution in [1.82, 2.24) is 10.2 Å². The molecule has 0 bridgehead atoms. The van der Waals surface area contributed by atoms with Crippen molar-refractivity contribution in [3.05, 3.63) is 42.1 Å². The van der Waals surface area contributed by atoms with Gasteiger partial charge in [0.2, 0.25) is 5.91 Å². The standard InChI is InChI=1S/C21H26N6O2/c22-20(28)18-13-17(26-27(18)16-9-5-2-6-10-16)21(29)23-19-12-15(24-25-19)11-14-7-3-1-4-8-14/h2,5-6,9-10,12,14,18H,1,3-4,7-8,11,13H2,(H2,22,28)(H2,23,24,25,29). The fourth-order valence-corrected chi connectivity index (χ4v) is 4.11. The summed E-state index contributed by atoms with van der Waals surface area (Å²) in [5, 5.41) is 15.9. The minimum Gasteiger partial charge on any atom is -0.368 e. The van der Waals surface area contributed by atoms with Gasteiger partial charge in [0.1, 0.15) is 11.8 Å². The van der Waals surface area contributed by atoms with Crippen molar-refractivity contribution in [1.29, 1.82) is 0 Å². The number of aromatic amines is 1. The van der Waals surface area contributed by atoms with E-state index in [1.54, 1.807) is 0 Å². The van der Waals surface area contributed by atoms with Gasteiger partial charge in [-0.05, 0) is 24.5 Å². The number of amides is 2. The fourth-order valence-electron chi connectivity index (χ4n) is 4.11. The fraction of sp³-hybridized carbons (Fsp3) is 0.429. The highest BCUT2D eigenvalue weighted by molar-refractivity contribution is 6.44. The van der Waals surface area contributed by atoms with Crippen LogP contribution in [0.15, 0.2) is 41.5 Å². The van der Waals surface area contributed by atoms with Crippen LogP contribution in [0.3, 0.4) is 0 Å². The first-order valence-corrected chi connectivity index (χ1v) is 10.2. The van der Waals surface area contributed by atoms with Crippen molar-refractivity contribution in [3.63, 3.8) is 0 Å². The smallest absolute Gasteiger partial charge is 0.273 e. The lowest BCUT2D eigenvalue weighted by atomic mass is 9.86. The summed E-state index contributed by atoms with van der Waals surface area (Å²) in [6.07, 6.45) is 7.53. The molecule has 29 heavy (non-hydrogen) atoms. The number of H-pyrrole nitrogens is 1. The zero-order valence-corrected chi connectivity index (χ0v) is 16.3. The zero-order valence-electron chi connectivity index (χ0n) is 16.3. The molecular weight excluding hydrogens is 368 g/mol. The largest absolute Gasteiger partial charge is 0.368 e. The maximum atomic E-state index is 12.7. The molecule has 152 valence electrons. The quantitative estimate of drug-likeness (QED) is 0.698. The number of carbonyl (C=O) groups is 2. The van der Waals surface area contributed by atoms with E-state index in [0.29, 0.717) is 17.4 Å². The molecule has 2 aliphatic rings. The molecular formula is C21H26N6O2. The minimum absolute atomic E-state index is 0.162. The predicted octanol–water partition coefficient (Wildman–Crippen LogP) is 2.59. The third kappa shape index (κ3) is 4.47. The Balaban J connectivity index is 1.42. The van der Waals surface area contributed by atoms with Gasteiger partial charge in [0.25, 0.3) is 5.91 Å². The number of nitrogens with one attached hydrogen (secondary N) is 2. The molecule has 1 fully saturated rings. The van der Waals surface area contributed by atoms with Crippen molar-refractivity contribution in [2.24, 2.45) is 16.8 Å². The summed E-state index contributed by atoms with van der Waals surface area (Å²) in [5.41, 5.74) is 7.53. The van der Waals surface area contributed by atoms with E-state index in [9.17, 15) is 9.59 Å². The Kier molecular flexibility index (Phi) is 5.59. The van der Waals surface area contributed by atoms with Gasteiger partial charge in [0.15, 0.2) is 5.82 Å². The summed E-state index contributed by atoms with van der Waals surface area (Å²) < 4.78 is 0. The average molecular weight is 394 g/mol. The number of hydrogen-bond donors (Lipinski definition) is 3. The summed E-state index contributed by atoms with van der Waals surface area (Å²) >= 11 is 0. The third-order valence-electron chi connectivity index (χ3n) is 5.63. The summed E-state index contributed by atoms with van der Waals surface area (Å²) in [6, 6.07) is 10.4. The molecule has 1 aromatic carbocycles. The molecule has 1 aliphatic carbocycles. The molecule has 2 aromatic rings. The minimum atomic E-state index is -0.681. The van der Waals surface area contributed by atoms with Crippen molar-refractivity contribution >= 4 is 29.0 Å². The maximum Gasteiger partial charge on any atom is 0.273 e. The van der Waals surface area contributed by atoms with Crippen LogP contribution >= 0.6 is 0 Å². The molecule has 1 saturated carbocycles. The number of primary amides is 1. The summed E-state index contributed by atoms with van der Waals surface area (Å²) in [5.74, 6) is 0.264. The van der Waals surface area contributed by atoms with Crippen molar-refractivity contribution < 1.29 is 9.59 Å².